The highest BCUT2D eigenvalue weighted by molar-refractivity contribution is 5.78. The third kappa shape index (κ3) is 4.57. The number of pyridine rings is 1. The number of nitriles is 1. The van der Waals surface area contributed by atoms with Gasteiger partial charge in [-0.1, -0.05) is 0 Å². The second-order valence-electron chi connectivity index (χ2n) is 6.93. The van der Waals surface area contributed by atoms with Crippen molar-refractivity contribution >= 4 is 11.9 Å². The molecule has 6 nitrogen and oxygen atoms in total. The molecule has 0 aliphatic heterocycles. The Morgan fingerprint density at radius 3 is 2.35 bits per heavy atom. The van der Waals surface area contributed by atoms with Gasteiger partial charge in [0.2, 0.25) is 5.91 Å². The van der Waals surface area contributed by atoms with E-state index in [9.17, 15) is 14.0 Å². The number of hydrogen-bond acceptors (Lipinski definition) is 5. The average molecular weight is 361 g/mol. The number of ether oxygens (including phenoxy) is 1. The lowest BCUT2D eigenvalue weighted by molar-refractivity contribution is -0.163. The molecule has 0 saturated heterocycles. The summed E-state index contributed by atoms with van der Waals surface area (Å²) in [5.41, 5.74) is -0.189. The van der Waals surface area contributed by atoms with Gasteiger partial charge in [0.1, 0.15) is 17.6 Å². The van der Waals surface area contributed by atoms with Gasteiger partial charge in [0, 0.05) is 24.7 Å². The summed E-state index contributed by atoms with van der Waals surface area (Å²) in [4.78, 5) is 26.8. The molecular formula is C19H24FN3O3. The average Bonchev–Trinajstić information content (AvgIpc) is 2.63. The van der Waals surface area contributed by atoms with E-state index in [1.807, 2.05) is 6.92 Å². The SMILES string of the molecule is CCOC(=O)C12CCC(NC(C)=O)(CC1)CC2.N#Cc1cc(F)ccn1. The van der Waals surface area contributed by atoms with Crippen LogP contribution >= 0.6 is 0 Å². The monoisotopic (exact) mass is 361 g/mol. The Morgan fingerprint density at radius 2 is 1.92 bits per heavy atom. The van der Waals surface area contributed by atoms with Gasteiger partial charge < -0.3 is 10.1 Å². The maximum absolute atomic E-state index is 12.2. The first-order valence-electron chi connectivity index (χ1n) is 8.82. The van der Waals surface area contributed by atoms with E-state index >= 15 is 0 Å². The summed E-state index contributed by atoms with van der Waals surface area (Å²) >= 11 is 0. The molecule has 0 atom stereocenters. The Kier molecular flexibility index (Phi) is 6.30. The Hall–Kier alpha value is -2.49. The van der Waals surface area contributed by atoms with Crippen molar-refractivity contribution in [3.63, 3.8) is 0 Å². The molecule has 1 aromatic heterocycles. The number of carbonyl (C=O) groups excluding carboxylic acids is 2. The van der Waals surface area contributed by atoms with Crippen molar-refractivity contribution in [2.45, 2.75) is 57.9 Å². The van der Waals surface area contributed by atoms with Gasteiger partial charge in [-0.25, -0.2) is 9.37 Å². The Balaban J connectivity index is 0.000000228. The van der Waals surface area contributed by atoms with Gasteiger partial charge in [-0.2, -0.15) is 5.26 Å². The maximum atomic E-state index is 12.2. The summed E-state index contributed by atoms with van der Waals surface area (Å²) in [6, 6.07) is 4.00. The molecule has 1 heterocycles. The van der Waals surface area contributed by atoms with Crippen molar-refractivity contribution in [3.8, 4) is 6.07 Å². The number of halogens is 1. The van der Waals surface area contributed by atoms with Gasteiger partial charge >= 0.3 is 5.97 Å². The van der Waals surface area contributed by atoms with Crippen LogP contribution in [0.2, 0.25) is 0 Å². The van der Waals surface area contributed by atoms with Gasteiger partial charge in [-0.15, -0.1) is 0 Å². The first-order valence-corrected chi connectivity index (χ1v) is 8.82. The third-order valence-corrected chi connectivity index (χ3v) is 5.23. The highest BCUT2D eigenvalue weighted by Crippen LogP contribution is 2.52. The highest BCUT2D eigenvalue weighted by Gasteiger charge is 2.53. The predicted octanol–water partition coefficient (Wildman–Crippen LogP) is 2.87. The summed E-state index contributed by atoms with van der Waals surface area (Å²) < 4.78 is 17.4. The van der Waals surface area contributed by atoms with Gasteiger partial charge in [0.15, 0.2) is 0 Å². The van der Waals surface area contributed by atoms with Crippen LogP contribution in [-0.4, -0.2) is 29.0 Å². The van der Waals surface area contributed by atoms with E-state index < -0.39 is 5.82 Å². The van der Waals surface area contributed by atoms with Crippen molar-refractivity contribution in [2.75, 3.05) is 6.61 Å². The summed E-state index contributed by atoms with van der Waals surface area (Å²) in [6.07, 6.45) is 6.54. The zero-order valence-corrected chi connectivity index (χ0v) is 15.2. The van der Waals surface area contributed by atoms with Crippen LogP contribution in [0.15, 0.2) is 18.3 Å². The van der Waals surface area contributed by atoms with Gasteiger partial charge in [-0.3, -0.25) is 9.59 Å². The minimum atomic E-state index is -0.429. The van der Waals surface area contributed by atoms with E-state index in [2.05, 4.69) is 10.3 Å². The molecule has 7 heteroatoms. The van der Waals surface area contributed by atoms with Crippen LogP contribution in [0.5, 0.6) is 0 Å². The number of carbonyl (C=O) groups is 2. The van der Waals surface area contributed by atoms with Crippen LogP contribution in [0.1, 0.15) is 58.1 Å². The fourth-order valence-electron chi connectivity index (χ4n) is 3.80. The van der Waals surface area contributed by atoms with Crippen molar-refractivity contribution in [3.05, 3.63) is 29.8 Å². The van der Waals surface area contributed by atoms with Gasteiger partial charge in [0.25, 0.3) is 0 Å². The number of hydrogen-bond donors (Lipinski definition) is 1. The first-order chi connectivity index (χ1) is 12.3. The van der Waals surface area contributed by atoms with E-state index in [-0.39, 0.29) is 28.5 Å². The lowest BCUT2D eigenvalue weighted by Gasteiger charge is -2.52. The van der Waals surface area contributed by atoms with E-state index in [1.165, 1.54) is 12.3 Å². The molecule has 3 aliphatic rings. The molecule has 1 N–H and O–H groups in total. The fraction of sp³-hybridized carbons (Fsp3) is 0.579. The van der Waals surface area contributed by atoms with Crippen molar-refractivity contribution < 1.29 is 18.7 Å². The van der Waals surface area contributed by atoms with E-state index in [1.54, 1.807) is 13.0 Å². The maximum Gasteiger partial charge on any atom is 0.312 e. The second-order valence-corrected chi connectivity index (χ2v) is 6.93. The topological polar surface area (TPSA) is 92.1 Å². The Labute approximate surface area is 152 Å². The molecule has 3 saturated carbocycles. The lowest BCUT2D eigenvalue weighted by Crippen LogP contribution is -2.58. The van der Waals surface area contributed by atoms with E-state index in [4.69, 9.17) is 10.00 Å². The minimum absolute atomic E-state index is 0.0314. The van der Waals surface area contributed by atoms with Crippen molar-refractivity contribution in [1.29, 1.82) is 5.26 Å². The minimum Gasteiger partial charge on any atom is -0.466 e. The molecule has 0 unspecified atom stereocenters. The van der Waals surface area contributed by atoms with Gasteiger partial charge in [0.05, 0.1) is 12.0 Å². The first kappa shape index (κ1) is 19.8. The van der Waals surface area contributed by atoms with Crippen LogP contribution in [0.3, 0.4) is 0 Å². The standard InChI is InChI=1S/C13H21NO3.C6H3FN2/c1-3-17-11(16)12-4-7-13(8-5-12,9-6-12)14-10(2)15;7-5-1-2-9-6(3-5)4-8/h3-9H2,1-2H3,(H,14,15);1-3H. The zero-order valence-electron chi connectivity index (χ0n) is 15.2. The fourth-order valence-corrected chi connectivity index (χ4v) is 3.80. The van der Waals surface area contributed by atoms with Crippen LogP contribution in [-0.2, 0) is 14.3 Å². The number of rotatable bonds is 3. The largest absolute Gasteiger partial charge is 0.466 e. The summed E-state index contributed by atoms with van der Waals surface area (Å²) in [6.45, 7) is 3.87. The number of nitrogens with one attached hydrogen (secondary N) is 1. The molecule has 140 valence electrons. The molecule has 3 fully saturated rings. The number of fused-ring (bicyclic) bond motifs is 3. The van der Waals surface area contributed by atoms with Gasteiger partial charge in [-0.05, 0) is 51.5 Å². The summed E-state index contributed by atoms with van der Waals surface area (Å²) in [5.74, 6) is -0.423. The van der Waals surface area contributed by atoms with Crippen molar-refractivity contribution in [2.24, 2.45) is 5.41 Å². The molecule has 2 bridgehead atoms. The van der Waals surface area contributed by atoms with Crippen LogP contribution in [0.4, 0.5) is 4.39 Å². The van der Waals surface area contributed by atoms with Crippen LogP contribution in [0, 0.1) is 22.6 Å². The highest BCUT2D eigenvalue weighted by atomic mass is 19.1. The Bertz CT molecular complexity index is 690. The summed E-state index contributed by atoms with van der Waals surface area (Å²) in [5, 5.41) is 11.3. The second kappa shape index (κ2) is 8.26. The molecule has 1 aromatic rings. The molecule has 3 aliphatic carbocycles. The summed E-state index contributed by atoms with van der Waals surface area (Å²) in [7, 11) is 0. The number of nitrogens with zero attached hydrogens (tertiary/aromatic N) is 2. The molecule has 1 amide bonds. The number of amides is 1. The zero-order chi connectivity index (χ0) is 19.2. The number of esters is 1. The molecule has 0 aromatic carbocycles. The molecule has 4 rings (SSSR count). The molecule has 0 spiro atoms. The third-order valence-electron chi connectivity index (χ3n) is 5.23. The molecule has 0 radical (unpaired) electrons. The molecule has 26 heavy (non-hydrogen) atoms. The van der Waals surface area contributed by atoms with Crippen molar-refractivity contribution in [1.82, 2.24) is 10.3 Å². The Morgan fingerprint density at radius 1 is 1.31 bits per heavy atom. The van der Waals surface area contributed by atoms with E-state index in [0.29, 0.717) is 6.61 Å². The van der Waals surface area contributed by atoms with Crippen LogP contribution < -0.4 is 5.32 Å². The lowest BCUT2D eigenvalue weighted by atomic mass is 9.57. The van der Waals surface area contributed by atoms with Crippen LogP contribution in [0.25, 0.3) is 0 Å². The predicted molar refractivity (Wildman–Crippen MR) is 92.2 cm³/mol. The normalized spacial score (nSPS) is 26.1. The quantitative estimate of drug-likeness (QED) is 0.836. The molecular weight excluding hydrogens is 337 g/mol. The number of aromatic nitrogens is 1. The van der Waals surface area contributed by atoms with E-state index in [0.717, 1.165) is 44.6 Å². The smallest absolute Gasteiger partial charge is 0.312 e.